The maximum absolute atomic E-state index is 16.6. The van der Waals surface area contributed by atoms with Crippen molar-refractivity contribution < 1.29 is 27.4 Å². The summed E-state index contributed by atoms with van der Waals surface area (Å²) in [5.74, 6) is 0.883. The molecule has 0 unspecified atom stereocenters. The van der Waals surface area contributed by atoms with Gasteiger partial charge in [-0.1, -0.05) is 12.0 Å². The summed E-state index contributed by atoms with van der Waals surface area (Å²) < 4.78 is 66.1. The predicted molar refractivity (Wildman–Crippen MR) is 155 cm³/mol. The molecule has 1 saturated carbocycles. The van der Waals surface area contributed by atoms with Gasteiger partial charge in [-0.25, -0.2) is 17.6 Å². The number of benzene rings is 2. The molecule has 4 aromatic rings. The lowest BCUT2D eigenvalue weighted by molar-refractivity contribution is 0.107. The standard InChI is InChI=1S/C32H29F4N5O2/c1-3-20-23(34)7-6-17-10-19(42)11-21(26(17)20)28-27(36)29-22(14-37-28)30(41(4-2)25-12-24(25)35)39-31(38-29)43-16-32-8-5-9-40(32)15-18(33)13-32/h1,6-7,10-11,14,18,24-25,42H,4-5,8-9,12-13,15-16H2,2H3/t18-,24-,25-,32+/m1/s1. The second-order valence-electron chi connectivity index (χ2n) is 11.6. The van der Waals surface area contributed by atoms with E-state index < -0.39 is 35.6 Å². The van der Waals surface area contributed by atoms with Gasteiger partial charge in [0.05, 0.1) is 22.5 Å². The number of terminal acetylenes is 1. The van der Waals surface area contributed by atoms with E-state index in [-0.39, 0.29) is 57.3 Å². The molecule has 7 rings (SSSR count). The lowest BCUT2D eigenvalue weighted by Crippen LogP contribution is -2.43. The fourth-order valence-electron chi connectivity index (χ4n) is 6.91. The maximum atomic E-state index is 16.6. The van der Waals surface area contributed by atoms with E-state index in [9.17, 15) is 18.3 Å². The Labute approximate surface area is 245 Å². The summed E-state index contributed by atoms with van der Waals surface area (Å²) >= 11 is 0. The fourth-order valence-corrected chi connectivity index (χ4v) is 6.91. The first-order valence-corrected chi connectivity index (χ1v) is 14.4. The van der Waals surface area contributed by atoms with Crippen molar-refractivity contribution in [3.05, 3.63) is 47.7 Å². The Morgan fingerprint density at radius 2 is 2.05 bits per heavy atom. The van der Waals surface area contributed by atoms with E-state index in [2.05, 4.69) is 25.8 Å². The van der Waals surface area contributed by atoms with Crippen molar-refractivity contribution in [3.63, 3.8) is 0 Å². The summed E-state index contributed by atoms with van der Waals surface area (Å²) in [5, 5.41) is 11.3. The van der Waals surface area contributed by atoms with Crippen molar-refractivity contribution in [2.24, 2.45) is 0 Å². The fraction of sp³-hybridized carbons (Fsp3) is 0.406. The molecule has 43 heavy (non-hydrogen) atoms. The molecule has 222 valence electrons. The quantitative estimate of drug-likeness (QED) is 0.218. The molecular weight excluding hydrogens is 562 g/mol. The van der Waals surface area contributed by atoms with Crippen LogP contribution in [0.4, 0.5) is 23.4 Å². The number of fused-ring (bicyclic) bond motifs is 3. The third-order valence-corrected chi connectivity index (χ3v) is 9.02. The zero-order valence-corrected chi connectivity index (χ0v) is 23.5. The summed E-state index contributed by atoms with van der Waals surface area (Å²) in [6.45, 7) is 3.49. The van der Waals surface area contributed by atoms with Crippen molar-refractivity contribution in [3.8, 4) is 35.4 Å². The highest BCUT2D eigenvalue weighted by molar-refractivity contribution is 6.03. The van der Waals surface area contributed by atoms with Gasteiger partial charge in [0.25, 0.3) is 0 Å². The second kappa shape index (κ2) is 10.2. The average molecular weight is 592 g/mol. The third kappa shape index (κ3) is 4.50. The topological polar surface area (TPSA) is 74.6 Å². The predicted octanol–water partition coefficient (Wildman–Crippen LogP) is 5.70. The summed E-state index contributed by atoms with van der Waals surface area (Å²) in [6, 6.07) is 4.76. The molecule has 2 saturated heterocycles. The second-order valence-corrected chi connectivity index (χ2v) is 11.6. The van der Waals surface area contributed by atoms with E-state index in [1.807, 2.05) is 6.92 Å². The van der Waals surface area contributed by atoms with Crippen LogP contribution in [-0.2, 0) is 0 Å². The van der Waals surface area contributed by atoms with Crippen molar-refractivity contribution >= 4 is 27.5 Å². The van der Waals surface area contributed by atoms with Crippen molar-refractivity contribution in [2.75, 3.05) is 31.1 Å². The van der Waals surface area contributed by atoms with E-state index in [0.29, 0.717) is 31.3 Å². The molecule has 0 bridgehead atoms. The van der Waals surface area contributed by atoms with Crippen LogP contribution in [0.2, 0.25) is 0 Å². The van der Waals surface area contributed by atoms with Gasteiger partial charge in [-0.15, -0.1) is 6.42 Å². The van der Waals surface area contributed by atoms with Gasteiger partial charge < -0.3 is 14.7 Å². The SMILES string of the molecule is C#Cc1c(F)ccc2cc(O)cc(-c3ncc4c(N(CC)[C@@H]5C[C@H]5F)nc(OC[C@@]56CCCN5C[C@H](F)C6)nc4c3F)c12. The van der Waals surface area contributed by atoms with E-state index in [0.717, 1.165) is 19.4 Å². The minimum atomic E-state index is -1.05. The van der Waals surface area contributed by atoms with Gasteiger partial charge in [0.1, 0.15) is 47.5 Å². The first-order valence-electron chi connectivity index (χ1n) is 14.4. The molecule has 2 aromatic heterocycles. The van der Waals surface area contributed by atoms with Crippen molar-refractivity contribution in [2.45, 2.75) is 56.5 Å². The van der Waals surface area contributed by atoms with E-state index >= 15 is 4.39 Å². The zero-order chi connectivity index (χ0) is 30.0. The Hall–Kier alpha value is -4.17. The van der Waals surface area contributed by atoms with Crippen LogP contribution < -0.4 is 9.64 Å². The Balaban J connectivity index is 1.39. The van der Waals surface area contributed by atoms with Gasteiger partial charge in [0.2, 0.25) is 0 Å². The van der Waals surface area contributed by atoms with Gasteiger partial charge in [-0.2, -0.15) is 9.97 Å². The number of pyridine rings is 1. The number of ether oxygens (including phenoxy) is 1. The first-order chi connectivity index (χ1) is 20.7. The molecule has 0 radical (unpaired) electrons. The molecule has 0 amide bonds. The normalized spacial score (nSPS) is 24.8. The van der Waals surface area contributed by atoms with E-state index in [4.69, 9.17) is 11.2 Å². The van der Waals surface area contributed by atoms with Crippen LogP contribution in [0.1, 0.15) is 38.2 Å². The molecule has 7 nitrogen and oxygen atoms in total. The lowest BCUT2D eigenvalue weighted by Gasteiger charge is -2.31. The third-order valence-electron chi connectivity index (χ3n) is 9.02. The number of anilines is 1. The number of aromatic nitrogens is 3. The first kappa shape index (κ1) is 27.7. The Morgan fingerprint density at radius 1 is 1.23 bits per heavy atom. The number of hydrogen-bond donors (Lipinski definition) is 1. The number of alkyl halides is 2. The molecule has 2 aliphatic heterocycles. The van der Waals surface area contributed by atoms with Crippen LogP contribution in [0, 0.1) is 24.0 Å². The van der Waals surface area contributed by atoms with Gasteiger partial charge in [-0.05, 0) is 49.9 Å². The molecule has 0 spiro atoms. The molecular formula is C32H29F4N5O2. The number of phenols is 1. The highest BCUT2D eigenvalue weighted by atomic mass is 19.1. The van der Waals surface area contributed by atoms with Crippen molar-refractivity contribution in [1.82, 2.24) is 19.9 Å². The molecule has 1 aliphatic carbocycles. The summed E-state index contributed by atoms with van der Waals surface area (Å²) in [4.78, 5) is 17.2. The minimum absolute atomic E-state index is 0.0864. The summed E-state index contributed by atoms with van der Waals surface area (Å²) in [7, 11) is 0. The molecule has 3 fully saturated rings. The average Bonchev–Trinajstić information content (AvgIpc) is 3.43. The highest BCUT2D eigenvalue weighted by Gasteiger charge is 2.49. The van der Waals surface area contributed by atoms with Crippen LogP contribution in [0.25, 0.3) is 32.9 Å². The molecule has 4 atom stereocenters. The minimum Gasteiger partial charge on any atom is -0.508 e. The Bertz CT molecular complexity index is 1810. The lowest BCUT2D eigenvalue weighted by atomic mass is 9.95. The zero-order valence-electron chi connectivity index (χ0n) is 23.5. The Kier molecular flexibility index (Phi) is 6.58. The largest absolute Gasteiger partial charge is 0.508 e. The highest BCUT2D eigenvalue weighted by Crippen LogP contribution is 2.43. The molecule has 2 aromatic carbocycles. The smallest absolute Gasteiger partial charge is 0.319 e. The van der Waals surface area contributed by atoms with Gasteiger partial charge in [-0.3, -0.25) is 9.88 Å². The van der Waals surface area contributed by atoms with Gasteiger partial charge >= 0.3 is 6.01 Å². The summed E-state index contributed by atoms with van der Waals surface area (Å²) in [6.07, 6.45) is 7.35. The maximum Gasteiger partial charge on any atom is 0.319 e. The van der Waals surface area contributed by atoms with Crippen LogP contribution >= 0.6 is 0 Å². The monoisotopic (exact) mass is 591 g/mol. The number of hydrogen-bond acceptors (Lipinski definition) is 7. The van der Waals surface area contributed by atoms with Gasteiger partial charge in [0, 0.05) is 43.1 Å². The molecule has 1 N–H and O–H groups in total. The van der Waals surface area contributed by atoms with Crippen LogP contribution in [0.15, 0.2) is 30.5 Å². The van der Waals surface area contributed by atoms with Gasteiger partial charge in [0.15, 0.2) is 5.82 Å². The number of aromatic hydroxyl groups is 1. The van der Waals surface area contributed by atoms with E-state index in [1.54, 1.807) is 4.90 Å². The van der Waals surface area contributed by atoms with Crippen LogP contribution in [0.3, 0.4) is 0 Å². The van der Waals surface area contributed by atoms with Crippen molar-refractivity contribution in [1.29, 1.82) is 0 Å². The molecule has 3 aliphatic rings. The Morgan fingerprint density at radius 3 is 2.79 bits per heavy atom. The number of phenolic OH excluding ortho intramolecular Hbond substituents is 1. The summed E-state index contributed by atoms with van der Waals surface area (Å²) in [5.41, 5.74) is -0.834. The molecule has 4 heterocycles. The number of rotatable bonds is 7. The van der Waals surface area contributed by atoms with Crippen LogP contribution in [-0.4, -0.2) is 75.1 Å². The van der Waals surface area contributed by atoms with E-state index in [1.165, 1.54) is 30.5 Å². The molecule has 11 heteroatoms. The van der Waals surface area contributed by atoms with Crippen LogP contribution in [0.5, 0.6) is 11.8 Å². The number of halogens is 4. The number of nitrogens with zero attached hydrogens (tertiary/aromatic N) is 5.